The molecule has 0 radical (unpaired) electrons. The van der Waals surface area contributed by atoms with Gasteiger partial charge in [0.05, 0.1) is 17.2 Å². The number of ether oxygens (including phenoxy) is 1. The molecule has 0 atom stereocenters. The van der Waals surface area contributed by atoms with E-state index < -0.39 is 5.97 Å². The number of rotatable bonds is 5. The van der Waals surface area contributed by atoms with Crippen LogP contribution in [0.3, 0.4) is 0 Å². The third-order valence-corrected chi connectivity index (χ3v) is 3.40. The van der Waals surface area contributed by atoms with Gasteiger partial charge < -0.3 is 20.7 Å². The summed E-state index contributed by atoms with van der Waals surface area (Å²) in [7, 11) is 0. The number of hydrogen-bond donors (Lipinski definition) is 3. The van der Waals surface area contributed by atoms with E-state index in [0.717, 1.165) is 0 Å². The van der Waals surface area contributed by atoms with Crippen molar-refractivity contribution in [1.82, 2.24) is 0 Å². The van der Waals surface area contributed by atoms with Gasteiger partial charge in [0.2, 0.25) is 0 Å². The van der Waals surface area contributed by atoms with Crippen LogP contribution in [0.25, 0.3) is 11.6 Å². The third-order valence-electron chi connectivity index (χ3n) is 3.11. The standard InChI is InChI=1S/C17H16ClNO4/c1-2-23-15-9-10(8-14(18)16(15)20)7-13(17(21)22)11-3-5-12(19)6-4-11/h3-9,20H,2,19H2,1H3,(H,21,22)/b13-7-. The summed E-state index contributed by atoms with van der Waals surface area (Å²) in [6.07, 6.45) is 1.46. The summed E-state index contributed by atoms with van der Waals surface area (Å²) in [4.78, 5) is 11.5. The highest BCUT2D eigenvalue weighted by atomic mass is 35.5. The smallest absolute Gasteiger partial charge is 0.336 e. The Balaban J connectivity index is 2.51. The fourth-order valence-electron chi connectivity index (χ4n) is 2.04. The van der Waals surface area contributed by atoms with Crippen molar-refractivity contribution < 1.29 is 19.7 Å². The van der Waals surface area contributed by atoms with Crippen molar-refractivity contribution in [1.29, 1.82) is 0 Å². The molecule has 0 aliphatic heterocycles. The molecule has 0 saturated carbocycles. The maximum Gasteiger partial charge on any atom is 0.336 e. The van der Waals surface area contributed by atoms with E-state index in [4.69, 9.17) is 22.1 Å². The van der Waals surface area contributed by atoms with E-state index in [-0.39, 0.29) is 22.1 Å². The molecule has 4 N–H and O–H groups in total. The molecule has 5 nitrogen and oxygen atoms in total. The van der Waals surface area contributed by atoms with Crippen LogP contribution in [-0.4, -0.2) is 22.8 Å². The minimum absolute atomic E-state index is 0.0780. The van der Waals surface area contributed by atoms with Crippen LogP contribution in [0.1, 0.15) is 18.1 Å². The van der Waals surface area contributed by atoms with Crippen molar-refractivity contribution in [2.45, 2.75) is 6.92 Å². The molecule has 2 aromatic carbocycles. The number of phenols is 1. The molecule has 0 bridgehead atoms. The lowest BCUT2D eigenvalue weighted by molar-refractivity contribution is -0.130. The molecule has 2 rings (SSSR count). The van der Waals surface area contributed by atoms with Crippen molar-refractivity contribution >= 4 is 34.9 Å². The van der Waals surface area contributed by atoms with E-state index in [1.807, 2.05) is 0 Å². The zero-order valence-electron chi connectivity index (χ0n) is 12.4. The second-order valence-corrected chi connectivity index (χ2v) is 5.17. The summed E-state index contributed by atoms with van der Waals surface area (Å²) in [6, 6.07) is 9.51. The number of phenolic OH excluding ortho intramolecular Hbond substituents is 1. The number of aliphatic carboxylic acids is 1. The Morgan fingerprint density at radius 2 is 1.96 bits per heavy atom. The van der Waals surface area contributed by atoms with Gasteiger partial charge in [-0.15, -0.1) is 0 Å². The molecule has 0 unspecified atom stereocenters. The van der Waals surface area contributed by atoms with Crippen LogP contribution < -0.4 is 10.5 Å². The third kappa shape index (κ3) is 3.96. The van der Waals surface area contributed by atoms with Crippen molar-refractivity contribution in [2.24, 2.45) is 0 Å². The summed E-state index contributed by atoms with van der Waals surface area (Å²) in [5.41, 5.74) is 7.25. The highest BCUT2D eigenvalue weighted by Crippen LogP contribution is 2.36. The van der Waals surface area contributed by atoms with Crippen LogP contribution in [0.5, 0.6) is 11.5 Å². The highest BCUT2D eigenvalue weighted by Gasteiger charge is 2.13. The quantitative estimate of drug-likeness (QED) is 0.441. The van der Waals surface area contributed by atoms with Gasteiger partial charge in [-0.2, -0.15) is 0 Å². The molecule has 0 fully saturated rings. The Bertz CT molecular complexity index is 754. The van der Waals surface area contributed by atoms with Gasteiger partial charge in [-0.1, -0.05) is 23.7 Å². The molecular formula is C17H16ClNO4. The number of carboxylic acids is 1. The average Bonchev–Trinajstić information content (AvgIpc) is 2.50. The number of carboxylic acid groups (broad SMARTS) is 1. The molecule has 0 aliphatic rings. The van der Waals surface area contributed by atoms with Crippen molar-refractivity contribution in [3.8, 4) is 11.5 Å². The molecular weight excluding hydrogens is 318 g/mol. The normalized spacial score (nSPS) is 11.3. The molecule has 2 aromatic rings. The van der Waals surface area contributed by atoms with Gasteiger partial charge in [0.25, 0.3) is 0 Å². The zero-order chi connectivity index (χ0) is 17.0. The lowest BCUT2D eigenvalue weighted by atomic mass is 10.0. The number of benzene rings is 2. The van der Waals surface area contributed by atoms with Gasteiger partial charge in [0, 0.05) is 5.69 Å². The topological polar surface area (TPSA) is 92.8 Å². The van der Waals surface area contributed by atoms with Crippen LogP contribution in [0.4, 0.5) is 5.69 Å². The minimum Gasteiger partial charge on any atom is -0.503 e. The van der Waals surface area contributed by atoms with E-state index >= 15 is 0 Å². The Labute approximate surface area is 138 Å². The summed E-state index contributed by atoms with van der Waals surface area (Å²) < 4.78 is 5.29. The lowest BCUT2D eigenvalue weighted by Crippen LogP contribution is -2.00. The first-order chi connectivity index (χ1) is 10.9. The molecule has 6 heteroatoms. The fourth-order valence-corrected chi connectivity index (χ4v) is 2.26. The average molecular weight is 334 g/mol. The van der Waals surface area contributed by atoms with Crippen LogP contribution in [0, 0.1) is 0 Å². The van der Waals surface area contributed by atoms with Crippen LogP contribution in [-0.2, 0) is 4.79 Å². The van der Waals surface area contributed by atoms with Gasteiger partial charge in [-0.25, -0.2) is 4.79 Å². The van der Waals surface area contributed by atoms with E-state index in [1.54, 1.807) is 31.2 Å². The maximum absolute atomic E-state index is 11.5. The predicted molar refractivity (Wildman–Crippen MR) is 90.6 cm³/mol. The Kier molecular flexibility index (Phi) is 5.13. The second kappa shape index (κ2) is 7.07. The Morgan fingerprint density at radius 1 is 1.30 bits per heavy atom. The molecule has 0 aromatic heterocycles. The van der Waals surface area contributed by atoms with Gasteiger partial charge in [-0.3, -0.25) is 0 Å². The number of halogens is 1. The van der Waals surface area contributed by atoms with Crippen molar-refractivity contribution in [3.63, 3.8) is 0 Å². The van der Waals surface area contributed by atoms with Gasteiger partial charge >= 0.3 is 5.97 Å². The largest absolute Gasteiger partial charge is 0.503 e. The highest BCUT2D eigenvalue weighted by molar-refractivity contribution is 6.32. The summed E-state index contributed by atoms with van der Waals surface area (Å²) >= 11 is 5.96. The maximum atomic E-state index is 11.5. The van der Waals surface area contributed by atoms with Crippen molar-refractivity contribution in [2.75, 3.05) is 12.3 Å². The minimum atomic E-state index is -1.09. The van der Waals surface area contributed by atoms with Gasteiger partial charge in [-0.05, 0) is 48.4 Å². The van der Waals surface area contributed by atoms with Crippen molar-refractivity contribution in [3.05, 3.63) is 52.5 Å². The molecule has 23 heavy (non-hydrogen) atoms. The molecule has 120 valence electrons. The SMILES string of the molecule is CCOc1cc(/C=C(\C(=O)O)c2ccc(N)cc2)cc(Cl)c1O. The number of nitrogen functional groups attached to an aromatic ring is 1. The number of carbonyl (C=O) groups is 1. The summed E-state index contributed by atoms with van der Waals surface area (Å²) in [5.74, 6) is -1.06. The van der Waals surface area contributed by atoms with Gasteiger partial charge in [0.1, 0.15) is 0 Å². The van der Waals surface area contributed by atoms with E-state index in [2.05, 4.69) is 0 Å². The molecule has 0 aliphatic carbocycles. The van der Waals surface area contributed by atoms with Crippen LogP contribution >= 0.6 is 11.6 Å². The van der Waals surface area contributed by atoms with E-state index in [1.165, 1.54) is 18.2 Å². The summed E-state index contributed by atoms with van der Waals surface area (Å²) in [5, 5.41) is 19.4. The first-order valence-electron chi connectivity index (χ1n) is 6.88. The summed E-state index contributed by atoms with van der Waals surface area (Å²) in [6.45, 7) is 2.12. The number of aromatic hydroxyl groups is 1. The molecule has 0 amide bonds. The number of anilines is 1. The molecule has 0 heterocycles. The van der Waals surface area contributed by atoms with Crippen LogP contribution in [0.15, 0.2) is 36.4 Å². The first-order valence-corrected chi connectivity index (χ1v) is 7.26. The number of nitrogens with two attached hydrogens (primary N) is 1. The van der Waals surface area contributed by atoms with E-state index in [0.29, 0.717) is 23.4 Å². The lowest BCUT2D eigenvalue weighted by Gasteiger charge is -2.09. The van der Waals surface area contributed by atoms with Gasteiger partial charge in [0.15, 0.2) is 11.5 Å². The number of hydrogen-bond acceptors (Lipinski definition) is 4. The Hall–Kier alpha value is -2.66. The molecule has 0 saturated heterocycles. The van der Waals surface area contributed by atoms with E-state index in [9.17, 15) is 15.0 Å². The second-order valence-electron chi connectivity index (χ2n) is 4.77. The fraction of sp³-hybridized carbons (Fsp3) is 0.118. The first kappa shape index (κ1) is 16.7. The zero-order valence-corrected chi connectivity index (χ0v) is 13.2. The predicted octanol–water partition coefficient (Wildman–Crippen LogP) is 3.65. The van der Waals surface area contributed by atoms with Crippen LogP contribution in [0.2, 0.25) is 5.02 Å². The Morgan fingerprint density at radius 3 is 2.52 bits per heavy atom. The monoisotopic (exact) mass is 333 g/mol. The molecule has 0 spiro atoms.